The number of amides is 2. The summed E-state index contributed by atoms with van der Waals surface area (Å²) >= 11 is 0. The molecule has 2 unspecified atom stereocenters. The first-order valence-electron chi connectivity index (χ1n) is 5.65. The molecule has 0 spiro atoms. The Morgan fingerprint density at radius 3 is 2.33 bits per heavy atom. The van der Waals surface area contributed by atoms with Crippen LogP contribution in [0.5, 0.6) is 0 Å². The van der Waals surface area contributed by atoms with Crippen molar-refractivity contribution in [1.82, 2.24) is 10.7 Å². The molecular weight excluding hydrogens is 232 g/mol. The van der Waals surface area contributed by atoms with Crippen molar-refractivity contribution >= 4 is 11.8 Å². The van der Waals surface area contributed by atoms with Crippen LogP contribution in [0, 0.1) is 0 Å². The standard InChI is InChI=1S/C12H18N4O2/c1-8(13)11(17)15-10(12(18)16-14)7-9-5-3-2-4-6-9/h2-6,8,10H,7,13-14H2,1H3,(H,15,17)(H,16,18). The van der Waals surface area contributed by atoms with Crippen LogP contribution in [0.4, 0.5) is 0 Å². The number of hydrogen-bond acceptors (Lipinski definition) is 4. The largest absolute Gasteiger partial charge is 0.343 e. The van der Waals surface area contributed by atoms with E-state index in [0.29, 0.717) is 6.42 Å². The predicted octanol–water partition coefficient (Wildman–Crippen LogP) is -0.949. The summed E-state index contributed by atoms with van der Waals surface area (Å²) < 4.78 is 0. The maximum atomic E-state index is 11.6. The lowest BCUT2D eigenvalue weighted by molar-refractivity contribution is -0.129. The summed E-state index contributed by atoms with van der Waals surface area (Å²) in [6, 6.07) is 7.94. The van der Waals surface area contributed by atoms with Gasteiger partial charge in [0.15, 0.2) is 0 Å². The second-order valence-corrected chi connectivity index (χ2v) is 4.05. The molecule has 6 N–H and O–H groups in total. The lowest BCUT2D eigenvalue weighted by Crippen LogP contribution is -2.53. The third kappa shape index (κ3) is 4.15. The third-order valence-corrected chi connectivity index (χ3v) is 2.47. The predicted molar refractivity (Wildman–Crippen MR) is 68.1 cm³/mol. The Labute approximate surface area is 106 Å². The van der Waals surface area contributed by atoms with Crippen LogP contribution in [0.3, 0.4) is 0 Å². The first-order valence-corrected chi connectivity index (χ1v) is 5.65. The highest BCUT2D eigenvalue weighted by molar-refractivity contribution is 5.89. The number of benzene rings is 1. The average Bonchev–Trinajstić information content (AvgIpc) is 2.38. The number of carbonyl (C=O) groups excluding carboxylic acids is 2. The summed E-state index contributed by atoms with van der Waals surface area (Å²) in [5.41, 5.74) is 8.41. The van der Waals surface area contributed by atoms with Crippen molar-refractivity contribution in [2.45, 2.75) is 25.4 Å². The molecule has 1 rings (SSSR count). The summed E-state index contributed by atoms with van der Waals surface area (Å²) in [7, 11) is 0. The van der Waals surface area contributed by atoms with Crippen molar-refractivity contribution in [3.05, 3.63) is 35.9 Å². The SMILES string of the molecule is CC(N)C(=O)NC(Cc1ccccc1)C(=O)NN. The second kappa shape index (κ2) is 6.73. The van der Waals surface area contributed by atoms with E-state index in [1.165, 1.54) is 0 Å². The molecule has 98 valence electrons. The van der Waals surface area contributed by atoms with Gasteiger partial charge in [-0.1, -0.05) is 30.3 Å². The van der Waals surface area contributed by atoms with E-state index in [0.717, 1.165) is 5.56 Å². The van der Waals surface area contributed by atoms with Crippen LogP contribution in [0.15, 0.2) is 30.3 Å². The summed E-state index contributed by atoms with van der Waals surface area (Å²) in [6.45, 7) is 1.55. The van der Waals surface area contributed by atoms with Crippen LogP contribution in [0.1, 0.15) is 12.5 Å². The summed E-state index contributed by atoms with van der Waals surface area (Å²) in [6.07, 6.45) is 0.363. The van der Waals surface area contributed by atoms with Gasteiger partial charge in [-0.05, 0) is 12.5 Å². The quantitative estimate of drug-likeness (QED) is 0.307. The molecule has 6 nitrogen and oxygen atoms in total. The van der Waals surface area contributed by atoms with E-state index in [9.17, 15) is 9.59 Å². The molecule has 1 aromatic rings. The van der Waals surface area contributed by atoms with Gasteiger partial charge in [0.2, 0.25) is 5.91 Å². The Morgan fingerprint density at radius 2 is 1.83 bits per heavy atom. The fourth-order valence-corrected chi connectivity index (χ4v) is 1.46. The van der Waals surface area contributed by atoms with Gasteiger partial charge in [-0.25, -0.2) is 5.84 Å². The number of hydrogen-bond donors (Lipinski definition) is 4. The van der Waals surface area contributed by atoms with Gasteiger partial charge < -0.3 is 11.1 Å². The van der Waals surface area contributed by atoms with Crippen molar-refractivity contribution in [3.8, 4) is 0 Å². The fourth-order valence-electron chi connectivity index (χ4n) is 1.46. The van der Waals surface area contributed by atoms with E-state index in [4.69, 9.17) is 11.6 Å². The van der Waals surface area contributed by atoms with Crippen LogP contribution in [0.25, 0.3) is 0 Å². The number of rotatable bonds is 5. The van der Waals surface area contributed by atoms with E-state index in [-0.39, 0.29) is 5.91 Å². The highest BCUT2D eigenvalue weighted by Crippen LogP contribution is 2.03. The average molecular weight is 250 g/mol. The Balaban J connectivity index is 2.73. The Bertz CT molecular complexity index is 406. The fraction of sp³-hybridized carbons (Fsp3) is 0.333. The van der Waals surface area contributed by atoms with E-state index in [1.807, 2.05) is 35.8 Å². The van der Waals surface area contributed by atoms with Crippen molar-refractivity contribution in [1.29, 1.82) is 0 Å². The van der Waals surface area contributed by atoms with Gasteiger partial charge in [0.25, 0.3) is 5.91 Å². The van der Waals surface area contributed by atoms with Crippen LogP contribution in [-0.4, -0.2) is 23.9 Å². The molecule has 0 saturated carbocycles. The Hall–Kier alpha value is -1.92. The molecule has 1 aromatic carbocycles. The summed E-state index contributed by atoms with van der Waals surface area (Å²) in [5, 5.41) is 2.56. The maximum absolute atomic E-state index is 11.6. The lowest BCUT2D eigenvalue weighted by atomic mass is 10.1. The first kappa shape index (κ1) is 14.1. The molecule has 0 aliphatic heterocycles. The van der Waals surface area contributed by atoms with Gasteiger partial charge in [-0.15, -0.1) is 0 Å². The minimum Gasteiger partial charge on any atom is -0.343 e. The van der Waals surface area contributed by atoms with Crippen LogP contribution in [0.2, 0.25) is 0 Å². The molecule has 18 heavy (non-hydrogen) atoms. The van der Waals surface area contributed by atoms with E-state index in [1.54, 1.807) is 6.92 Å². The summed E-state index contributed by atoms with van der Waals surface area (Å²) in [4.78, 5) is 23.1. The van der Waals surface area contributed by atoms with Gasteiger partial charge in [0.05, 0.1) is 6.04 Å². The van der Waals surface area contributed by atoms with Crippen molar-refractivity contribution < 1.29 is 9.59 Å². The van der Waals surface area contributed by atoms with Crippen LogP contribution < -0.4 is 22.3 Å². The van der Waals surface area contributed by atoms with Gasteiger partial charge >= 0.3 is 0 Å². The smallest absolute Gasteiger partial charge is 0.256 e. The van der Waals surface area contributed by atoms with Crippen molar-refractivity contribution in [3.63, 3.8) is 0 Å². The van der Waals surface area contributed by atoms with Gasteiger partial charge in [-0.2, -0.15) is 0 Å². The normalized spacial score (nSPS) is 13.5. The van der Waals surface area contributed by atoms with Crippen LogP contribution in [-0.2, 0) is 16.0 Å². The Morgan fingerprint density at radius 1 is 1.22 bits per heavy atom. The minimum absolute atomic E-state index is 0.363. The topological polar surface area (TPSA) is 110 Å². The maximum Gasteiger partial charge on any atom is 0.256 e. The zero-order valence-corrected chi connectivity index (χ0v) is 10.2. The highest BCUT2D eigenvalue weighted by atomic mass is 16.2. The zero-order valence-electron chi connectivity index (χ0n) is 10.2. The molecule has 0 heterocycles. The van der Waals surface area contributed by atoms with Crippen LogP contribution >= 0.6 is 0 Å². The minimum atomic E-state index is -0.726. The molecule has 0 saturated heterocycles. The molecule has 2 amide bonds. The van der Waals surface area contributed by atoms with Gasteiger partial charge in [0.1, 0.15) is 6.04 Å². The second-order valence-electron chi connectivity index (χ2n) is 4.05. The first-order chi connectivity index (χ1) is 8.54. The summed E-state index contributed by atoms with van der Waals surface area (Å²) in [5.74, 6) is 4.26. The van der Waals surface area contributed by atoms with E-state index >= 15 is 0 Å². The zero-order chi connectivity index (χ0) is 13.5. The molecule has 0 fully saturated rings. The number of carbonyl (C=O) groups is 2. The van der Waals surface area contributed by atoms with Crippen molar-refractivity contribution in [2.75, 3.05) is 0 Å². The van der Waals surface area contributed by atoms with E-state index < -0.39 is 18.0 Å². The Kier molecular flexibility index (Phi) is 5.29. The van der Waals surface area contributed by atoms with Crippen molar-refractivity contribution in [2.24, 2.45) is 11.6 Å². The number of nitrogens with two attached hydrogens (primary N) is 2. The molecule has 2 atom stereocenters. The molecule has 0 radical (unpaired) electrons. The monoisotopic (exact) mass is 250 g/mol. The lowest BCUT2D eigenvalue weighted by Gasteiger charge is -2.18. The van der Waals surface area contributed by atoms with Gasteiger partial charge in [-0.3, -0.25) is 15.0 Å². The number of hydrazine groups is 1. The molecule has 0 aliphatic carbocycles. The highest BCUT2D eigenvalue weighted by Gasteiger charge is 2.21. The third-order valence-electron chi connectivity index (χ3n) is 2.47. The molecule has 0 aromatic heterocycles. The van der Waals surface area contributed by atoms with E-state index in [2.05, 4.69) is 5.32 Å². The molecule has 0 aliphatic rings. The molecular formula is C12H18N4O2. The number of nitrogens with one attached hydrogen (secondary N) is 2. The van der Waals surface area contributed by atoms with Gasteiger partial charge in [0, 0.05) is 6.42 Å². The molecule has 6 heteroatoms. The molecule has 0 bridgehead atoms.